The Morgan fingerprint density at radius 2 is 1.96 bits per heavy atom. The molecule has 0 aliphatic heterocycles. The third-order valence-corrected chi connectivity index (χ3v) is 4.15. The summed E-state index contributed by atoms with van der Waals surface area (Å²) in [6.07, 6.45) is 1.70. The summed E-state index contributed by atoms with van der Waals surface area (Å²) in [6, 6.07) is 6.37. The van der Waals surface area contributed by atoms with Crippen LogP contribution in [0.15, 0.2) is 29.3 Å². The van der Waals surface area contributed by atoms with E-state index in [4.69, 9.17) is 0 Å². The summed E-state index contributed by atoms with van der Waals surface area (Å²) in [5, 5.41) is 3.09. The van der Waals surface area contributed by atoms with Crippen LogP contribution in [0, 0.1) is 0 Å². The SMILES string of the molecule is CN=C(NCCCS(C)(=O)=O)N(C)Cc1ccc(OC(F)F)cc1. The molecule has 1 aromatic rings. The maximum atomic E-state index is 12.1. The van der Waals surface area contributed by atoms with E-state index in [2.05, 4.69) is 15.0 Å². The first-order valence-corrected chi connectivity index (χ1v) is 9.40. The van der Waals surface area contributed by atoms with Crippen molar-refractivity contribution in [3.05, 3.63) is 29.8 Å². The van der Waals surface area contributed by atoms with Crippen molar-refractivity contribution in [2.45, 2.75) is 19.6 Å². The Hall–Kier alpha value is -1.90. The van der Waals surface area contributed by atoms with Gasteiger partial charge in [0.25, 0.3) is 0 Å². The number of sulfone groups is 1. The van der Waals surface area contributed by atoms with Crippen LogP contribution in [0.25, 0.3) is 0 Å². The third-order valence-electron chi connectivity index (χ3n) is 3.12. The van der Waals surface area contributed by atoms with Gasteiger partial charge in [0.15, 0.2) is 5.96 Å². The second-order valence-corrected chi connectivity index (χ2v) is 7.60. The van der Waals surface area contributed by atoms with Crippen LogP contribution in [0.2, 0.25) is 0 Å². The van der Waals surface area contributed by atoms with E-state index < -0.39 is 16.4 Å². The molecule has 0 bridgehead atoms. The van der Waals surface area contributed by atoms with E-state index in [9.17, 15) is 17.2 Å². The summed E-state index contributed by atoms with van der Waals surface area (Å²) >= 11 is 0. The topological polar surface area (TPSA) is 71.0 Å². The van der Waals surface area contributed by atoms with E-state index in [1.165, 1.54) is 18.4 Å². The third kappa shape index (κ3) is 8.09. The zero-order chi connectivity index (χ0) is 18.2. The van der Waals surface area contributed by atoms with Crippen LogP contribution in [0.3, 0.4) is 0 Å². The molecule has 0 fully saturated rings. The molecule has 0 aliphatic rings. The van der Waals surface area contributed by atoms with Gasteiger partial charge < -0.3 is 15.0 Å². The van der Waals surface area contributed by atoms with Crippen molar-refractivity contribution in [3.63, 3.8) is 0 Å². The minimum Gasteiger partial charge on any atom is -0.435 e. The Balaban J connectivity index is 2.50. The van der Waals surface area contributed by atoms with Crippen molar-refractivity contribution >= 4 is 15.8 Å². The number of hydrogen-bond donors (Lipinski definition) is 1. The fraction of sp³-hybridized carbons (Fsp3) is 0.533. The minimum atomic E-state index is -2.97. The summed E-state index contributed by atoms with van der Waals surface area (Å²) in [4.78, 5) is 5.98. The number of ether oxygens (including phenoxy) is 1. The van der Waals surface area contributed by atoms with Gasteiger partial charge in [-0.15, -0.1) is 0 Å². The van der Waals surface area contributed by atoms with E-state index >= 15 is 0 Å². The lowest BCUT2D eigenvalue weighted by Gasteiger charge is -2.22. The Kier molecular flexibility index (Phi) is 7.90. The normalized spacial score (nSPS) is 12.3. The van der Waals surface area contributed by atoms with Gasteiger partial charge in [-0.1, -0.05) is 12.1 Å². The molecule has 0 spiro atoms. The number of aliphatic imine (C=N–C) groups is 1. The van der Waals surface area contributed by atoms with Crippen molar-refractivity contribution in [2.24, 2.45) is 4.99 Å². The predicted molar refractivity (Wildman–Crippen MR) is 90.2 cm³/mol. The molecule has 0 unspecified atom stereocenters. The summed E-state index contributed by atoms with van der Waals surface area (Å²) in [5.74, 6) is 0.850. The number of nitrogens with zero attached hydrogens (tertiary/aromatic N) is 2. The van der Waals surface area contributed by atoms with Gasteiger partial charge >= 0.3 is 6.61 Å². The predicted octanol–water partition coefficient (Wildman–Crippen LogP) is 1.73. The number of nitrogens with one attached hydrogen (secondary N) is 1. The standard InChI is InChI=1S/C15H23F2N3O3S/c1-18-15(19-9-4-10-24(3,21)22)20(2)11-12-5-7-13(8-6-12)23-14(16)17/h5-8,14H,4,9-11H2,1-3H3,(H,18,19). The van der Waals surface area contributed by atoms with Crippen LogP contribution in [0.1, 0.15) is 12.0 Å². The summed E-state index contributed by atoms with van der Waals surface area (Å²) in [6.45, 7) is -1.83. The fourth-order valence-electron chi connectivity index (χ4n) is 2.04. The molecule has 9 heteroatoms. The number of halogens is 2. The Bertz CT molecular complexity index is 634. The Labute approximate surface area is 141 Å². The molecule has 0 radical (unpaired) electrons. The van der Waals surface area contributed by atoms with Crippen LogP contribution in [0.5, 0.6) is 5.75 Å². The van der Waals surface area contributed by atoms with Gasteiger partial charge in [-0.3, -0.25) is 4.99 Å². The van der Waals surface area contributed by atoms with Crippen molar-refractivity contribution in [2.75, 3.05) is 32.6 Å². The van der Waals surface area contributed by atoms with E-state index in [-0.39, 0.29) is 11.5 Å². The highest BCUT2D eigenvalue weighted by molar-refractivity contribution is 7.90. The summed E-state index contributed by atoms with van der Waals surface area (Å²) in [5.41, 5.74) is 0.901. The molecule has 0 amide bonds. The number of alkyl halides is 2. The molecule has 0 aliphatic carbocycles. The highest BCUT2D eigenvalue weighted by Crippen LogP contribution is 2.15. The molecule has 1 rings (SSSR count). The number of rotatable bonds is 8. The molecule has 0 saturated heterocycles. The van der Waals surface area contributed by atoms with E-state index in [0.717, 1.165) is 5.56 Å². The number of benzene rings is 1. The molecule has 0 heterocycles. The maximum absolute atomic E-state index is 12.1. The molecular weight excluding hydrogens is 340 g/mol. The molecular formula is C15H23F2N3O3S. The Morgan fingerprint density at radius 1 is 1.33 bits per heavy atom. The smallest absolute Gasteiger partial charge is 0.387 e. The molecule has 136 valence electrons. The van der Waals surface area contributed by atoms with Gasteiger partial charge in [-0.25, -0.2) is 8.42 Å². The second kappa shape index (κ2) is 9.41. The van der Waals surface area contributed by atoms with Gasteiger partial charge in [0.1, 0.15) is 15.6 Å². The van der Waals surface area contributed by atoms with Gasteiger partial charge in [0.2, 0.25) is 0 Å². The van der Waals surface area contributed by atoms with Crippen LogP contribution in [0.4, 0.5) is 8.78 Å². The van der Waals surface area contributed by atoms with Gasteiger partial charge in [0.05, 0.1) is 5.75 Å². The number of guanidine groups is 1. The first kappa shape index (κ1) is 20.1. The molecule has 6 nitrogen and oxygen atoms in total. The quantitative estimate of drug-likeness (QED) is 0.433. The molecule has 1 aromatic carbocycles. The average Bonchev–Trinajstić information content (AvgIpc) is 2.47. The lowest BCUT2D eigenvalue weighted by atomic mass is 10.2. The highest BCUT2D eigenvalue weighted by atomic mass is 32.2. The molecule has 0 saturated carbocycles. The van der Waals surface area contributed by atoms with Crippen molar-refractivity contribution < 1.29 is 21.9 Å². The number of hydrogen-bond acceptors (Lipinski definition) is 4. The van der Waals surface area contributed by atoms with Crippen LogP contribution >= 0.6 is 0 Å². The van der Waals surface area contributed by atoms with Crippen LogP contribution in [-0.4, -0.2) is 58.5 Å². The van der Waals surface area contributed by atoms with Crippen molar-refractivity contribution in [3.8, 4) is 5.75 Å². The van der Waals surface area contributed by atoms with Gasteiger partial charge in [-0.2, -0.15) is 8.78 Å². The lowest BCUT2D eigenvalue weighted by Crippen LogP contribution is -2.39. The molecule has 1 N–H and O–H groups in total. The molecule has 24 heavy (non-hydrogen) atoms. The largest absolute Gasteiger partial charge is 0.435 e. The van der Waals surface area contributed by atoms with Gasteiger partial charge in [-0.05, 0) is 24.1 Å². The fourth-order valence-corrected chi connectivity index (χ4v) is 2.71. The summed E-state index contributed by atoms with van der Waals surface area (Å²) in [7, 11) is 0.494. The second-order valence-electron chi connectivity index (χ2n) is 5.34. The van der Waals surface area contributed by atoms with Crippen LogP contribution < -0.4 is 10.1 Å². The zero-order valence-corrected chi connectivity index (χ0v) is 14.8. The van der Waals surface area contributed by atoms with Crippen LogP contribution in [-0.2, 0) is 16.4 Å². The van der Waals surface area contributed by atoms with Crippen molar-refractivity contribution in [1.82, 2.24) is 10.2 Å². The minimum absolute atomic E-state index is 0.111. The first-order valence-electron chi connectivity index (χ1n) is 7.34. The maximum Gasteiger partial charge on any atom is 0.387 e. The average molecular weight is 363 g/mol. The van der Waals surface area contributed by atoms with Gasteiger partial charge in [0, 0.05) is 33.4 Å². The molecule has 0 aromatic heterocycles. The Morgan fingerprint density at radius 3 is 2.46 bits per heavy atom. The highest BCUT2D eigenvalue weighted by Gasteiger charge is 2.08. The van der Waals surface area contributed by atoms with E-state index in [1.54, 1.807) is 19.2 Å². The zero-order valence-electron chi connectivity index (χ0n) is 14.0. The monoisotopic (exact) mass is 363 g/mol. The van der Waals surface area contributed by atoms with E-state index in [1.807, 2.05) is 11.9 Å². The lowest BCUT2D eigenvalue weighted by molar-refractivity contribution is -0.0498. The first-order chi connectivity index (χ1) is 11.2. The van der Waals surface area contributed by atoms with E-state index in [0.29, 0.717) is 25.5 Å². The summed E-state index contributed by atoms with van der Waals surface area (Å²) < 4.78 is 50.7. The molecule has 0 atom stereocenters. The van der Waals surface area contributed by atoms with Crippen molar-refractivity contribution in [1.29, 1.82) is 0 Å².